The Balaban J connectivity index is 1.98. The third-order valence-electron chi connectivity index (χ3n) is 5.06. The molecule has 21 heavy (non-hydrogen) atoms. The lowest BCUT2D eigenvalue weighted by Gasteiger charge is -2.32. The maximum Gasteiger partial charge on any atom is 0.323 e. The van der Waals surface area contributed by atoms with Crippen LogP contribution in [0.15, 0.2) is 0 Å². The van der Waals surface area contributed by atoms with Gasteiger partial charge < -0.3 is 10.4 Å². The molecule has 0 aromatic rings. The summed E-state index contributed by atoms with van der Waals surface area (Å²) in [6, 6.07) is 1.18. The maximum absolute atomic E-state index is 11.8. The molecule has 4 heteroatoms. The van der Waals surface area contributed by atoms with Gasteiger partial charge in [-0.1, -0.05) is 20.8 Å². The maximum atomic E-state index is 11.8. The Labute approximate surface area is 129 Å². The summed E-state index contributed by atoms with van der Waals surface area (Å²) in [4.78, 5) is 14.4. The normalized spacial score (nSPS) is 29.5. The molecule has 2 fully saturated rings. The lowest BCUT2D eigenvalue weighted by Crippen LogP contribution is -2.51. The van der Waals surface area contributed by atoms with Crippen LogP contribution in [0.3, 0.4) is 0 Å². The molecule has 0 saturated heterocycles. The van der Waals surface area contributed by atoms with Gasteiger partial charge in [0.05, 0.1) is 0 Å². The van der Waals surface area contributed by atoms with Crippen molar-refractivity contribution in [1.82, 2.24) is 10.2 Å². The number of aliphatic carboxylic acids is 1. The monoisotopic (exact) mass is 296 g/mol. The second kappa shape index (κ2) is 7.10. The van der Waals surface area contributed by atoms with Gasteiger partial charge in [0.2, 0.25) is 0 Å². The van der Waals surface area contributed by atoms with Crippen molar-refractivity contribution in [3.8, 4) is 0 Å². The average Bonchev–Trinajstić information content (AvgIpc) is 3.16. The van der Waals surface area contributed by atoms with Gasteiger partial charge in [-0.2, -0.15) is 0 Å². The van der Waals surface area contributed by atoms with Crippen LogP contribution in [-0.2, 0) is 4.79 Å². The van der Waals surface area contributed by atoms with Crippen molar-refractivity contribution in [1.29, 1.82) is 0 Å². The molecule has 2 aliphatic rings. The second-order valence-corrected chi connectivity index (χ2v) is 7.36. The van der Waals surface area contributed by atoms with E-state index in [0.717, 1.165) is 50.7 Å². The number of hydrogen-bond acceptors (Lipinski definition) is 3. The van der Waals surface area contributed by atoms with Crippen molar-refractivity contribution in [2.24, 2.45) is 5.92 Å². The van der Waals surface area contributed by atoms with E-state index in [2.05, 4.69) is 31.0 Å². The van der Waals surface area contributed by atoms with E-state index < -0.39 is 11.5 Å². The molecule has 4 nitrogen and oxygen atoms in total. The van der Waals surface area contributed by atoms with Crippen molar-refractivity contribution in [2.75, 3.05) is 13.1 Å². The number of carboxylic acids is 1. The van der Waals surface area contributed by atoms with Gasteiger partial charge in [-0.3, -0.25) is 9.69 Å². The van der Waals surface area contributed by atoms with Crippen LogP contribution in [-0.4, -0.2) is 46.7 Å². The molecule has 122 valence electrons. The van der Waals surface area contributed by atoms with E-state index in [1.54, 1.807) is 0 Å². The number of nitrogens with one attached hydrogen (secondary N) is 1. The molecule has 2 saturated carbocycles. The minimum Gasteiger partial charge on any atom is -0.480 e. The summed E-state index contributed by atoms with van der Waals surface area (Å²) in [5.74, 6) is 0.0631. The summed E-state index contributed by atoms with van der Waals surface area (Å²) in [6.45, 7) is 8.56. The molecule has 2 atom stereocenters. The molecule has 0 heterocycles. The van der Waals surface area contributed by atoms with E-state index in [1.165, 1.54) is 19.3 Å². The zero-order valence-electron chi connectivity index (χ0n) is 13.9. The van der Waals surface area contributed by atoms with E-state index in [0.29, 0.717) is 6.04 Å². The number of carbonyl (C=O) groups is 1. The number of hydrogen-bond donors (Lipinski definition) is 2. The Morgan fingerprint density at radius 3 is 2.57 bits per heavy atom. The highest BCUT2D eigenvalue weighted by atomic mass is 16.4. The predicted molar refractivity (Wildman–Crippen MR) is 85.5 cm³/mol. The molecule has 2 unspecified atom stereocenters. The van der Waals surface area contributed by atoms with E-state index >= 15 is 0 Å². The first-order chi connectivity index (χ1) is 9.98. The van der Waals surface area contributed by atoms with Crippen LogP contribution in [0.1, 0.15) is 65.7 Å². The summed E-state index contributed by atoms with van der Waals surface area (Å²) in [7, 11) is 0. The van der Waals surface area contributed by atoms with Gasteiger partial charge in [-0.15, -0.1) is 0 Å². The van der Waals surface area contributed by atoms with Gasteiger partial charge in [-0.05, 0) is 64.0 Å². The van der Waals surface area contributed by atoms with Crippen molar-refractivity contribution in [3.05, 3.63) is 0 Å². The molecular weight excluding hydrogens is 264 g/mol. The molecule has 0 aromatic carbocycles. The van der Waals surface area contributed by atoms with Crippen molar-refractivity contribution in [3.63, 3.8) is 0 Å². The third kappa shape index (κ3) is 4.19. The fourth-order valence-electron chi connectivity index (χ4n) is 3.57. The Morgan fingerprint density at radius 1 is 1.33 bits per heavy atom. The topological polar surface area (TPSA) is 52.6 Å². The van der Waals surface area contributed by atoms with E-state index in [4.69, 9.17) is 0 Å². The Bertz CT molecular complexity index is 355. The van der Waals surface area contributed by atoms with E-state index in [9.17, 15) is 9.90 Å². The molecule has 0 spiro atoms. The summed E-state index contributed by atoms with van der Waals surface area (Å²) in [6.07, 6.45) is 7.38. The molecule has 2 aliphatic carbocycles. The first kappa shape index (κ1) is 16.8. The molecule has 0 radical (unpaired) electrons. The Kier molecular flexibility index (Phi) is 5.67. The molecule has 0 amide bonds. The second-order valence-electron chi connectivity index (χ2n) is 7.36. The van der Waals surface area contributed by atoms with E-state index in [-0.39, 0.29) is 0 Å². The smallest absolute Gasteiger partial charge is 0.323 e. The molecule has 2 rings (SSSR count). The van der Waals surface area contributed by atoms with Crippen LogP contribution < -0.4 is 5.32 Å². The van der Waals surface area contributed by atoms with Crippen molar-refractivity contribution >= 4 is 5.97 Å². The van der Waals surface area contributed by atoms with Gasteiger partial charge in [0, 0.05) is 12.1 Å². The van der Waals surface area contributed by atoms with Crippen molar-refractivity contribution in [2.45, 2.75) is 83.3 Å². The largest absolute Gasteiger partial charge is 0.480 e. The molecule has 0 bridgehead atoms. The minimum atomic E-state index is -0.675. The number of nitrogens with zero attached hydrogens (tertiary/aromatic N) is 1. The van der Waals surface area contributed by atoms with Crippen LogP contribution in [0.4, 0.5) is 0 Å². The fourth-order valence-corrected chi connectivity index (χ4v) is 3.57. The number of rotatable bonds is 9. The average molecular weight is 296 g/mol. The molecule has 2 N–H and O–H groups in total. The summed E-state index contributed by atoms with van der Waals surface area (Å²) in [5.41, 5.74) is -0.675. The number of carboxylic acid groups (broad SMARTS) is 1. The standard InChI is InChI=1S/C17H32N2O2/c1-4-10-18-17(16(20)21)9-7-15(12-17)19(14-5-6-14)11-8-13(2)3/h13-15,18H,4-12H2,1-3H3,(H,20,21). The minimum absolute atomic E-state index is 0.455. The zero-order chi connectivity index (χ0) is 15.5. The highest BCUT2D eigenvalue weighted by Crippen LogP contribution is 2.39. The summed E-state index contributed by atoms with van der Waals surface area (Å²) < 4.78 is 0. The van der Waals surface area contributed by atoms with Crippen LogP contribution >= 0.6 is 0 Å². The Hall–Kier alpha value is -0.610. The first-order valence-electron chi connectivity index (χ1n) is 8.72. The first-order valence-corrected chi connectivity index (χ1v) is 8.72. The van der Waals surface area contributed by atoms with Crippen LogP contribution in [0.5, 0.6) is 0 Å². The summed E-state index contributed by atoms with van der Waals surface area (Å²) in [5, 5.41) is 13.0. The molecular formula is C17H32N2O2. The van der Waals surface area contributed by atoms with Gasteiger partial charge in [-0.25, -0.2) is 0 Å². The molecule has 0 aromatic heterocycles. The van der Waals surface area contributed by atoms with Crippen LogP contribution in [0.2, 0.25) is 0 Å². The van der Waals surface area contributed by atoms with Gasteiger partial charge in [0.15, 0.2) is 0 Å². The lowest BCUT2D eigenvalue weighted by atomic mass is 9.97. The fraction of sp³-hybridized carbons (Fsp3) is 0.941. The van der Waals surface area contributed by atoms with E-state index in [1.807, 2.05) is 0 Å². The van der Waals surface area contributed by atoms with Crippen molar-refractivity contribution < 1.29 is 9.90 Å². The highest BCUT2D eigenvalue weighted by molar-refractivity contribution is 5.79. The highest BCUT2D eigenvalue weighted by Gasteiger charge is 2.48. The van der Waals surface area contributed by atoms with Crippen LogP contribution in [0, 0.1) is 5.92 Å². The quantitative estimate of drug-likeness (QED) is 0.687. The van der Waals surface area contributed by atoms with Gasteiger partial charge in [0.25, 0.3) is 0 Å². The summed E-state index contributed by atoms with van der Waals surface area (Å²) >= 11 is 0. The SMILES string of the molecule is CCCNC1(C(=O)O)CCC(N(CCC(C)C)C2CC2)C1. The van der Waals surface area contributed by atoms with Gasteiger partial charge >= 0.3 is 5.97 Å². The zero-order valence-corrected chi connectivity index (χ0v) is 13.9. The molecule has 0 aliphatic heterocycles. The Morgan fingerprint density at radius 2 is 2.05 bits per heavy atom. The van der Waals surface area contributed by atoms with Gasteiger partial charge in [0.1, 0.15) is 5.54 Å². The lowest BCUT2D eigenvalue weighted by molar-refractivity contribution is -0.144. The predicted octanol–water partition coefficient (Wildman–Crippen LogP) is 2.87. The van der Waals surface area contributed by atoms with Crippen LogP contribution in [0.25, 0.3) is 0 Å². The third-order valence-corrected chi connectivity index (χ3v) is 5.06.